The first-order valence-electron chi connectivity index (χ1n) is 7.84. The summed E-state index contributed by atoms with van der Waals surface area (Å²) >= 11 is 0. The molecule has 1 atom stereocenters. The molecular formula is C18H27NO3. The Bertz CT molecular complexity index is 523. The molecule has 122 valence electrons. The topological polar surface area (TPSA) is 66.4 Å². The number of aliphatic hydroxyl groups is 1. The number of aryl methyl sites for hydroxylation is 2. The number of Topliss-reactive ketones (excluding diaryl/α,β-unsaturated/α-hetero) is 1. The number of carbonyl (C=O) groups is 2. The Morgan fingerprint density at radius 1 is 1.14 bits per heavy atom. The Kier molecular flexibility index (Phi) is 7.25. The van der Waals surface area contributed by atoms with Gasteiger partial charge in [-0.3, -0.25) is 9.59 Å². The smallest absolute Gasteiger partial charge is 0.220 e. The molecule has 0 aliphatic carbocycles. The molecule has 1 unspecified atom stereocenters. The van der Waals surface area contributed by atoms with Crippen LogP contribution < -0.4 is 5.32 Å². The number of hydrogen-bond donors (Lipinski definition) is 2. The summed E-state index contributed by atoms with van der Waals surface area (Å²) in [6, 6.07) is 5.36. The summed E-state index contributed by atoms with van der Waals surface area (Å²) in [5, 5.41) is 12.0. The summed E-state index contributed by atoms with van der Waals surface area (Å²) < 4.78 is 0. The highest BCUT2D eigenvalue weighted by Crippen LogP contribution is 2.12. The Morgan fingerprint density at radius 3 is 2.36 bits per heavy atom. The van der Waals surface area contributed by atoms with Gasteiger partial charge in [0, 0.05) is 18.4 Å². The molecule has 4 heteroatoms. The molecule has 0 aliphatic rings. The highest BCUT2D eigenvalue weighted by Gasteiger charge is 2.15. The Labute approximate surface area is 132 Å². The van der Waals surface area contributed by atoms with Gasteiger partial charge in [0.2, 0.25) is 5.91 Å². The van der Waals surface area contributed by atoms with Crippen molar-refractivity contribution >= 4 is 11.7 Å². The van der Waals surface area contributed by atoms with Gasteiger partial charge in [0.25, 0.3) is 0 Å². The average Bonchev–Trinajstić information content (AvgIpc) is 2.46. The zero-order valence-corrected chi connectivity index (χ0v) is 14.0. The Morgan fingerprint density at radius 2 is 1.82 bits per heavy atom. The first kappa shape index (κ1) is 18.4. The van der Waals surface area contributed by atoms with Crippen molar-refractivity contribution in [2.24, 2.45) is 5.92 Å². The molecule has 0 bridgehead atoms. The number of nitrogens with one attached hydrogen (secondary N) is 1. The van der Waals surface area contributed by atoms with Gasteiger partial charge in [-0.2, -0.15) is 0 Å². The molecule has 1 aromatic carbocycles. The van der Waals surface area contributed by atoms with Crippen LogP contribution in [0.1, 0.15) is 54.6 Å². The molecule has 0 spiro atoms. The summed E-state index contributed by atoms with van der Waals surface area (Å²) in [6.07, 6.45) is 1.07. The Balaban J connectivity index is 2.49. The average molecular weight is 305 g/mol. The van der Waals surface area contributed by atoms with Crippen molar-refractivity contribution < 1.29 is 14.7 Å². The lowest BCUT2D eigenvalue weighted by molar-refractivity contribution is -0.122. The zero-order valence-electron chi connectivity index (χ0n) is 14.0. The monoisotopic (exact) mass is 305 g/mol. The van der Waals surface area contributed by atoms with E-state index in [9.17, 15) is 14.7 Å². The number of aliphatic hydroxyl groups excluding tert-OH is 1. The second-order valence-electron chi connectivity index (χ2n) is 6.30. The first-order valence-corrected chi connectivity index (χ1v) is 7.84. The van der Waals surface area contributed by atoms with Crippen LogP contribution in [-0.2, 0) is 4.79 Å². The van der Waals surface area contributed by atoms with Crippen molar-refractivity contribution in [3.63, 3.8) is 0 Å². The fraction of sp³-hybridized carbons (Fsp3) is 0.556. The van der Waals surface area contributed by atoms with E-state index in [4.69, 9.17) is 0 Å². The molecule has 0 radical (unpaired) electrons. The van der Waals surface area contributed by atoms with E-state index in [0.717, 1.165) is 17.5 Å². The van der Waals surface area contributed by atoms with Crippen LogP contribution in [0, 0.1) is 19.8 Å². The van der Waals surface area contributed by atoms with E-state index in [-0.39, 0.29) is 37.2 Å². The predicted molar refractivity (Wildman–Crippen MR) is 88.0 cm³/mol. The normalized spacial score (nSPS) is 12.3. The van der Waals surface area contributed by atoms with Gasteiger partial charge in [-0.15, -0.1) is 0 Å². The summed E-state index contributed by atoms with van der Waals surface area (Å²) in [5.74, 6) is 0.189. The molecule has 1 aromatic rings. The summed E-state index contributed by atoms with van der Waals surface area (Å²) in [6.45, 7) is 7.97. The summed E-state index contributed by atoms with van der Waals surface area (Å²) in [4.78, 5) is 24.0. The molecule has 0 heterocycles. The fourth-order valence-electron chi connectivity index (χ4n) is 2.33. The van der Waals surface area contributed by atoms with Crippen molar-refractivity contribution in [2.75, 3.05) is 6.61 Å². The van der Waals surface area contributed by atoms with E-state index >= 15 is 0 Å². The number of ketones is 1. The molecular weight excluding hydrogens is 278 g/mol. The van der Waals surface area contributed by atoms with Gasteiger partial charge in [0.15, 0.2) is 5.78 Å². The van der Waals surface area contributed by atoms with E-state index in [1.807, 2.05) is 39.8 Å². The van der Waals surface area contributed by atoms with E-state index in [2.05, 4.69) is 5.32 Å². The van der Waals surface area contributed by atoms with Crippen molar-refractivity contribution in [2.45, 2.75) is 53.0 Å². The zero-order chi connectivity index (χ0) is 16.7. The van der Waals surface area contributed by atoms with Crippen LogP contribution in [0.2, 0.25) is 0 Å². The van der Waals surface area contributed by atoms with Gasteiger partial charge in [0.1, 0.15) is 0 Å². The minimum Gasteiger partial charge on any atom is -0.394 e. The largest absolute Gasteiger partial charge is 0.394 e. The van der Waals surface area contributed by atoms with Gasteiger partial charge in [-0.25, -0.2) is 0 Å². The van der Waals surface area contributed by atoms with Gasteiger partial charge in [-0.1, -0.05) is 26.0 Å². The van der Waals surface area contributed by atoms with Crippen molar-refractivity contribution in [3.8, 4) is 0 Å². The lowest BCUT2D eigenvalue weighted by Gasteiger charge is -2.18. The highest BCUT2D eigenvalue weighted by molar-refractivity contribution is 5.98. The van der Waals surface area contributed by atoms with E-state index < -0.39 is 0 Å². The maximum atomic E-state index is 12.1. The summed E-state index contributed by atoms with van der Waals surface area (Å²) in [5.41, 5.74) is 2.87. The highest BCUT2D eigenvalue weighted by atomic mass is 16.3. The van der Waals surface area contributed by atoms with Gasteiger partial charge >= 0.3 is 0 Å². The lowest BCUT2D eigenvalue weighted by Crippen LogP contribution is -2.38. The molecule has 1 amide bonds. The van der Waals surface area contributed by atoms with Crippen LogP contribution >= 0.6 is 0 Å². The van der Waals surface area contributed by atoms with E-state index in [1.54, 1.807) is 6.07 Å². The SMILES string of the molecule is Cc1ccc(C(=O)CCC(=O)NC(CO)CC(C)C)cc1C. The Hall–Kier alpha value is -1.68. The third kappa shape index (κ3) is 5.98. The van der Waals surface area contributed by atoms with Crippen molar-refractivity contribution in [1.82, 2.24) is 5.32 Å². The van der Waals surface area contributed by atoms with Crippen molar-refractivity contribution in [1.29, 1.82) is 0 Å². The maximum Gasteiger partial charge on any atom is 0.220 e. The molecule has 0 saturated carbocycles. The first-order chi connectivity index (χ1) is 10.3. The predicted octanol–water partition coefficient (Wildman–Crippen LogP) is 2.79. The standard InChI is InChI=1S/C18H27NO3/c1-12(2)9-16(11-20)19-18(22)8-7-17(21)15-6-5-13(3)14(4)10-15/h5-6,10,12,16,20H,7-9,11H2,1-4H3,(H,19,22). The third-order valence-corrected chi connectivity index (χ3v) is 3.75. The quantitative estimate of drug-likeness (QED) is 0.726. The van der Waals surface area contributed by atoms with Crippen LogP contribution in [-0.4, -0.2) is 29.4 Å². The number of rotatable bonds is 8. The van der Waals surface area contributed by atoms with Crippen LogP contribution in [0.3, 0.4) is 0 Å². The summed E-state index contributed by atoms with van der Waals surface area (Å²) in [7, 11) is 0. The molecule has 1 rings (SSSR count). The van der Waals surface area contributed by atoms with Crippen LogP contribution in [0.5, 0.6) is 0 Å². The molecule has 0 aliphatic heterocycles. The third-order valence-electron chi connectivity index (χ3n) is 3.75. The molecule has 0 saturated heterocycles. The van der Waals surface area contributed by atoms with Crippen LogP contribution in [0.4, 0.5) is 0 Å². The molecule has 2 N–H and O–H groups in total. The fourth-order valence-corrected chi connectivity index (χ4v) is 2.33. The van der Waals surface area contributed by atoms with Gasteiger partial charge in [0.05, 0.1) is 12.6 Å². The number of amides is 1. The number of benzene rings is 1. The maximum absolute atomic E-state index is 12.1. The minimum absolute atomic E-state index is 0.0253. The number of hydrogen-bond acceptors (Lipinski definition) is 3. The molecule has 0 aromatic heterocycles. The molecule has 4 nitrogen and oxygen atoms in total. The van der Waals surface area contributed by atoms with Crippen LogP contribution in [0.25, 0.3) is 0 Å². The van der Waals surface area contributed by atoms with Gasteiger partial charge < -0.3 is 10.4 Å². The second-order valence-corrected chi connectivity index (χ2v) is 6.30. The van der Waals surface area contributed by atoms with Crippen molar-refractivity contribution in [3.05, 3.63) is 34.9 Å². The van der Waals surface area contributed by atoms with Crippen LogP contribution in [0.15, 0.2) is 18.2 Å². The number of carbonyl (C=O) groups excluding carboxylic acids is 2. The van der Waals surface area contributed by atoms with Gasteiger partial charge in [-0.05, 0) is 43.4 Å². The lowest BCUT2D eigenvalue weighted by atomic mass is 10.0. The van der Waals surface area contributed by atoms with E-state index in [1.165, 1.54) is 0 Å². The minimum atomic E-state index is -0.232. The molecule has 0 fully saturated rings. The molecule has 22 heavy (non-hydrogen) atoms. The second kappa shape index (κ2) is 8.69. The van der Waals surface area contributed by atoms with E-state index in [0.29, 0.717) is 11.5 Å².